The number of carboxylic acids is 2. The maximum absolute atomic E-state index is 12.5. The summed E-state index contributed by atoms with van der Waals surface area (Å²) in [5.41, 5.74) is 0.865. The Balaban J connectivity index is 0.000000404. The van der Waals surface area contributed by atoms with Gasteiger partial charge in [-0.15, -0.1) is 0 Å². The summed E-state index contributed by atoms with van der Waals surface area (Å²) in [6.45, 7) is 5.44. The number of morpholine rings is 1. The number of hydrogen-bond donors (Lipinski definition) is 4. The molecule has 1 aromatic rings. The molecule has 37 heavy (non-hydrogen) atoms. The van der Waals surface area contributed by atoms with Gasteiger partial charge in [0.1, 0.15) is 0 Å². The summed E-state index contributed by atoms with van der Waals surface area (Å²) in [7, 11) is 0. The Labute approximate surface area is 208 Å². The van der Waals surface area contributed by atoms with Crippen LogP contribution in [0.1, 0.15) is 18.5 Å². The number of alkyl halides is 6. The van der Waals surface area contributed by atoms with Crippen LogP contribution >= 0.6 is 0 Å². The van der Waals surface area contributed by atoms with Crippen LogP contribution in [0.15, 0.2) is 24.4 Å². The normalized spacial score (nSPS) is 17.8. The van der Waals surface area contributed by atoms with Gasteiger partial charge in [0.05, 0.1) is 19.8 Å². The first-order valence-electron chi connectivity index (χ1n) is 11.0. The topological polar surface area (TPSA) is 141 Å². The lowest BCUT2D eigenvalue weighted by molar-refractivity contribution is -0.193. The van der Waals surface area contributed by atoms with E-state index in [1.54, 1.807) is 0 Å². The maximum Gasteiger partial charge on any atom is 0.490 e. The van der Waals surface area contributed by atoms with Crippen LogP contribution in [0.5, 0.6) is 0 Å². The van der Waals surface area contributed by atoms with Gasteiger partial charge in [-0.1, -0.05) is 6.07 Å². The molecule has 0 saturated carbocycles. The number of ether oxygens (including phenoxy) is 1. The van der Waals surface area contributed by atoms with Gasteiger partial charge in [-0.2, -0.15) is 26.3 Å². The average molecular weight is 546 g/mol. The van der Waals surface area contributed by atoms with Crippen LogP contribution in [0.3, 0.4) is 0 Å². The summed E-state index contributed by atoms with van der Waals surface area (Å²) in [4.78, 5) is 36.9. The number of rotatable bonds is 5. The second-order valence-electron chi connectivity index (χ2n) is 8.07. The van der Waals surface area contributed by atoms with E-state index in [2.05, 4.69) is 20.5 Å². The first-order valence-corrected chi connectivity index (χ1v) is 11.0. The zero-order valence-electron chi connectivity index (χ0n) is 19.6. The number of amides is 1. The summed E-state index contributed by atoms with van der Waals surface area (Å²) in [6, 6.07) is 5.97. The fourth-order valence-electron chi connectivity index (χ4n) is 3.40. The number of aromatic nitrogens is 1. The number of carbonyl (C=O) groups excluding carboxylic acids is 1. The lowest BCUT2D eigenvalue weighted by atomic mass is 9.83. The molecule has 0 bridgehead atoms. The minimum absolute atomic E-state index is 0.115. The van der Waals surface area contributed by atoms with Gasteiger partial charge < -0.3 is 25.6 Å². The molecular weight excluding hydrogens is 518 g/mol. The Morgan fingerprint density at radius 1 is 1.00 bits per heavy atom. The lowest BCUT2D eigenvalue weighted by Crippen LogP contribution is -2.58. The van der Waals surface area contributed by atoms with Gasteiger partial charge in [-0.05, 0) is 38.1 Å². The number of carbonyl (C=O) groups is 3. The molecule has 4 N–H and O–H groups in total. The van der Waals surface area contributed by atoms with Crippen LogP contribution in [0.4, 0.5) is 26.3 Å². The molecule has 2 saturated heterocycles. The highest BCUT2D eigenvalue weighted by molar-refractivity contribution is 5.79. The first-order chi connectivity index (χ1) is 17.1. The Morgan fingerprint density at radius 2 is 1.51 bits per heavy atom. The average Bonchev–Trinajstić information content (AvgIpc) is 2.80. The van der Waals surface area contributed by atoms with Crippen molar-refractivity contribution in [2.24, 2.45) is 0 Å². The number of nitrogens with one attached hydrogen (secondary N) is 2. The number of carboxylic acid groups (broad SMARTS) is 2. The maximum atomic E-state index is 12.5. The monoisotopic (exact) mass is 546 g/mol. The van der Waals surface area contributed by atoms with Crippen molar-refractivity contribution < 1.29 is 55.7 Å². The zero-order valence-corrected chi connectivity index (χ0v) is 19.6. The zero-order chi connectivity index (χ0) is 28.1. The second kappa shape index (κ2) is 14.7. The van der Waals surface area contributed by atoms with Crippen LogP contribution < -0.4 is 10.6 Å². The van der Waals surface area contributed by atoms with Crippen LogP contribution in [-0.4, -0.2) is 102 Å². The summed E-state index contributed by atoms with van der Waals surface area (Å²) in [5.74, 6) is -5.40. The molecule has 0 aromatic carbocycles. The van der Waals surface area contributed by atoms with E-state index in [-0.39, 0.29) is 11.4 Å². The van der Waals surface area contributed by atoms with Crippen LogP contribution in [0.2, 0.25) is 0 Å². The van der Waals surface area contributed by atoms with Crippen LogP contribution in [0, 0.1) is 0 Å². The highest BCUT2D eigenvalue weighted by Crippen LogP contribution is 2.23. The SMILES string of the molecule is O=C(CN1CCOCC1)NC1(Cc2ccccn2)CCNCC1.O=C(O)C(F)(F)F.O=C(O)C(F)(F)F. The van der Waals surface area contributed by atoms with E-state index >= 15 is 0 Å². The number of pyridine rings is 1. The Bertz CT molecular complexity index is 833. The van der Waals surface area contributed by atoms with Crippen LogP contribution in [0.25, 0.3) is 0 Å². The minimum Gasteiger partial charge on any atom is -0.475 e. The molecule has 2 fully saturated rings. The molecule has 210 valence electrons. The summed E-state index contributed by atoms with van der Waals surface area (Å²) < 4.78 is 68.8. The highest BCUT2D eigenvalue weighted by Gasteiger charge is 2.39. The summed E-state index contributed by atoms with van der Waals surface area (Å²) in [6.07, 6.45) is -5.67. The smallest absolute Gasteiger partial charge is 0.475 e. The van der Waals surface area contributed by atoms with E-state index in [9.17, 15) is 31.1 Å². The molecule has 2 aliphatic rings. The second-order valence-corrected chi connectivity index (χ2v) is 8.07. The highest BCUT2D eigenvalue weighted by atomic mass is 19.4. The minimum atomic E-state index is -5.08. The molecule has 1 amide bonds. The van der Waals surface area contributed by atoms with Crippen molar-refractivity contribution >= 4 is 17.8 Å². The van der Waals surface area contributed by atoms with Crippen molar-refractivity contribution in [3.05, 3.63) is 30.1 Å². The Kier molecular flexibility index (Phi) is 12.7. The van der Waals surface area contributed by atoms with Crippen LogP contribution in [-0.2, 0) is 25.5 Å². The van der Waals surface area contributed by atoms with E-state index in [4.69, 9.17) is 24.5 Å². The van der Waals surface area contributed by atoms with Crippen molar-refractivity contribution in [1.82, 2.24) is 20.5 Å². The third-order valence-corrected chi connectivity index (χ3v) is 5.17. The third kappa shape index (κ3) is 13.2. The fourth-order valence-corrected chi connectivity index (χ4v) is 3.40. The predicted molar refractivity (Wildman–Crippen MR) is 116 cm³/mol. The fraction of sp³-hybridized carbons (Fsp3) is 0.619. The van der Waals surface area contributed by atoms with Gasteiger partial charge in [-0.3, -0.25) is 14.7 Å². The standard InChI is InChI=1S/C17H26N4O2.2C2HF3O2/c22-16(14-21-9-11-23-12-10-21)20-17(4-7-18-8-5-17)13-15-3-1-2-6-19-15;2*3-2(4,5)1(6)7/h1-3,6,18H,4-5,7-14H2,(H,20,22);2*(H,6,7). The van der Waals surface area contributed by atoms with Crippen molar-refractivity contribution in [1.29, 1.82) is 0 Å². The lowest BCUT2D eigenvalue weighted by Gasteiger charge is -2.39. The number of nitrogens with zero attached hydrogens (tertiary/aromatic N) is 2. The van der Waals surface area contributed by atoms with Crippen molar-refractivity contribution in [3.63, 3.8) is 0 Å². The summed E-state index contributed by atoms with van der Waals surface area (Å²) in [5, 5.41) is 21.0. The van der Waals surface area contributed by atoms with Gasteiger partial charge >= 0.3 is 24.3 Å². The third-order valence-electron chi connectivity index (χ3n) is 5.17. The van der Waals surface area contributed by atoms with E-state index in [1.807, 2.05) is 24.4 Å². The van der Waals surface area contributed by atoms with E-state index in [1.165, 1.54) is 0 Å². The summed E-state index contributed by atoms with van der Waals surface area (Å²) >= 11 is 0. The molecule has 10 nitrogen and oxygen atoms in total. The van der Waals surface area contributed by atoms with E-state index in [0.29, 0.717) is 6.54 Å². The molecule has 0 unspecified atom stereocenters. The van der Waals surface area contributed by atoms with E-state index < -0.39 is 24.3 Å². The number of piperidine rings is 1. The molecular formula is C21H28F6N4O6. The largest absolute Gasteiger partial charge is 0.490 e. The molecule has 0 aliphatic carbocycles. The van der Waals surface area contributed by atoms with Gasteiger partial charge in [0.15, 0.2) is 0 Å². The quantitative estimate of drug-likeness (QED) is 0.404. The van der Waals surface area contributed by atoms with Crippen molar-refractivity contribution in [2.45, 2.75) is 37.2 Å². The van der Waals surface area contributed by atoms with Gasteiger partial charge in [0, 0.05) is 36.9 Å². The van der Waals surface area contributed by atoms with Crippen molar-refractivity contribution in [3.8, 4) is 0 Å². The molecule has 0 spiro atoms. The molecule has 2 aliphatic heterocycles. The first kappa shape index (κ1) is 32.0. The molecule has 3 rings (SSSR count). The van der Waals surface area contributed by atoms with E-state index in [0.717, 1.165) is 64.3 Å². The van der Waals surface area contributed by atoms with Gasteiger partial charge in [-0.25, -0.2) is 9.59 Å². The van der Waals surface area contributed by atoms with Gasteiger partial charge in [0.25, 0.3) is 0 Å². The number of halogens is 6. The van der Waals surface area contributed by atoms with Crippen molar-refractivity contribution in [2.75, 3.05) is 45.9 Å². The Hall–Kier alpha value is -2.98. The molecule has 3 heterocycles. The molecule has 16 heteroatoms. The molecule has 0 atom stereocenters. The number of hydrogen-bond acceptors (Lipinski definition) is 7. The Morgan fingerprint density at radius 3 is 1.95 bits per heavy atom. The predicted octanol–water partition coefficient (Wildman–Crippen LogP) is 1.46. The molecule has 0 radical (unpaired) electrons. The van der Waals surface area contributed by atoms with Gasteiger partial charge in [0.2, 0.25) is 5.91 Å². The number of aliphatic carboxylic acids is 2. The molecule has 1 aromatic heterocycles.